The van der Waals surface area contributed by atoms with E-state index < -0.39 is 0 Å². The third-order valence-corrected chi connectivity index (χ3v) is 4.29. The minimum atomic E-state index is -0.259. The lowest BCUT2D eigenvalue weighted by molar-refractivity contribution is 0.417. The van der Waals surface area contributed by atoms with Crippen molar-refractivity contribution < 1.29 is 0 Å². The normalized spacial score (nSPS) is 15.3. The minimum absolute atomic E-state index is 0.259. The van der Waals surface area contributed by atoms with Crippen molar-refractivity contribution in [3.63, 3.8) is 0 Å². The lowest BCUT2D eigenvalue weighted by Gasteiger charge is -2.15. The van der Waals surface area contributed by atoms with Crippen LogP contribution in [0.25, 0.3) is 10.9 Å². The van der Waals surface area contributed by atoms with Crippen molar-refractivity contribution in [1.82, 2.24) is 9.88 Å². The molecule has 1 aliphatic carbocycles. The van der Waals surface area contributed by atoms with E-state index in [1.807, 2.05) is 13.8 Å². The summed E-state index contributed by atoms with van der Waals surface area (Å²) in [6.07, 6.45) is 5.66. The summed E-state index contributed by atoms with van der Waals surface area (Å²) in [4.78, 5) is 0. The molecule has 1 fully saturated rings. The summed E-state index contributed by atoms with van der Waals surface area (Å²) in [6, 6.07) is 12.0. The Labute approximate surface area is 126 Å². The van der Waals surface area contributed by atoms with Gasteiger partial charge in [0.25, 0.3) is 0 Å². The van der Waals surface area contributed by atoms with Crippen LogP contribution in [0.1, 0.15) is 38.7 Å². The summed E-state index contributed by atoms with van der Waals surface area (Å²) in [5, 5.41) is 14.0. The van der Waals surface area contributed by atoms with Crippen LogP contribution in [-0.2, 0) is 13.1 Å². The highest BCUT2D eigenvalue weighted by Gasteiger charge is 2.20. The van der Waals surface area contributed by atoms with Gasteiger partial charge in [0.1, 0.15) is 0 Å². The first-order valence-corrected chi connectivity index (χ1v) is 7.80. The van der Waals surface area contributed by atoms with Crippen LogP contribution in [0.2, 0.25) is 0 Å². The maximum absolute atomic E-state index is 9.12. The maximum atomic E-state index is 9.12. The molecule has 0 radical (unpaired) electrons. The van der Waals surface area contributed by atoms with E-state index in [2.05, 4.69) is 46.4 Å². The van der Waals surface area contributed by atoms with E-state index >= 15 is 0 Å². The first-order chi connectivity index (χ1) is 10.1. The zero-order valence-corrected chi connectivity index (χ0v) is 12.9. The van der Waals surface area contributed by atoms with Crippen LogP contribution in [0.3, 0.4) is 0 Å². The highest BCUT2D eigenvalue weighted by molar-refractivity contribution is 5.80. The predicted molar refractivity (Wildman–Crippen MR) is 85.8 cm³/mol. The molecule has 0 amide bonds. The average molecular weight is 281 g/mol. The van der Waals surface area contributed by atoms with E-state index in [4.69, 9.17) is 5.26 Å². The minimum Gasteiger partial charge on any atom is -0.347 e. The fourth-order valence-corrected chi connectivity index (χ4v) is 2.56. The van der Waals surface area contributed by atoms with Crippen LogP contribution in [-0.4, -0.2) is 10.6 Å². The van der Waals surface area contributed by atoms with E-state index in [1.54, 1.807) is 0 Å². The van der Waals surface area contributed by atoms with Crippen molar-refractivity contribution >= 4 is 10.9 Å². The molecule has 0 unspecified atom stereocenters. The maximum Gasteiger partial charge on any atom is 0.0684 e. The number of nitrogens with zero attached hydrogens (tertiary/aromatic N) is 2. The SMILES string of the molecule is CC(C)(C#N)CCn1ccc2cc(CNC3CC3)ccc21. The Bertz CT molecular complexity index is 671. The zero-order valence-electron chi connectivity index (χ0n) is 12.9. The van der Waals surface area contributed by atoms with Gasteiger partial charge in [-0.05, 0) is 62.3 Å². The Hall–Kier alpha value is -1.79. The predicted octanol–water partition coefficient (Wildman–Crippen LogP) is 3.83. The molecule has 0 bridgehead atoms. The first kappa shape index (κ1) is 14.2. The standard InChI is InChI=1S/C18H23N3/c1-18(2,13-19)8-10-21-9-7-15-11-14(3-6-17(15)21)12-20-16-4-5-16/h3,6-7,9,11,16,20H,4-5,8,10,12H2,1-2H3. The van der Waals surface area contributed by atoms with Crippen LogP contribution < -0.4 is 5.32 Å². The van der Waals surface area contributed by atoms with E-state index in [0.717, 1.165) is 25.6 Å². The van der Waals surface area contributed by atoms with Crippen LogP contribution in [0.15, 0.2) is 30.5 Å². The number of nitrogens with one attached hydrogen (secondary N) is 1. The van der Waals surface area contributed by atoms with Crippen LogP contribution in [0.5, 0.6) is 0 Å². The number of aryl methyl sites for hydroxylation is 1. The molecule has 0 aliphatic heterocycles. The summed E-state index contributed by atoms with van der Waals surface area (Å²) in [5.41, 5.74) is 2.36. The molecular formula is C18H23N3. The summed E-state index contributed by atoms with van der Waals surface area (Å²) in [5.74, 6) is 0. The second-order valence-corrected chi connectivity index (χ2v) is 6.80. The van der Waals surface area contributed by atoms with Crippen molar-refractivity contribution in [3.8, 4) is 6.07 Å². The van der Waals surface area contributed by atoms with Gasteiger partial charge in [-0.1, -0.05) is 6.07 Å². The number of nitriles is 1. The summed E-state index contributed by atoms with van der Waals surface area (Å²) >= 11 is 0. The lowest BCUT2D eigenvalue weighted by atomic mass is 9.91. The molecule has 3 heteroatoms. The van der Waals surface area contributed by atoms with Crippen molar-refractivity contribution in [3.05, 3.63) is 36.0 Å². The quantitative estimate of drug-likeness (QED) is 0.874. The Kier molecular flexibility index (Phi) is 3.73. The molecule has 21 heavy (non-hydrogen) atoms. The molecule has 3 rings (SSSR count). The van der Waals surface area contributed by atoms with E-state index in [9.17, 15) is 0 Å². The smallest absolute Gasteiger partial charge is 0.0684 e. The Morgan fingerprint density at radius 1 is 1.33 bits per heavy atom. The molecule has 0 saturated heterocycles. The highest BCUT2D eigenvalue weighted by atomic mass is 15.0. The number of benzene rings is 1. The number of hydrogen-bond donors (Lipinski definition) is 1. The molecule has 1 aromatic heterocycles. The molecule has 0 spiro atoms. The van der Waals surface area contributed by atoms with E-state index in [1.165, 1.54) is 29.3 Å². The van der Waals surface area contributed by atoms with Gasteiger partial charge in [0.15, 0.2) is 0 Å². The number of aromatic nitrogens is 1. The molecule has 1 heterocycles. The first-order valence-electron chi connectivity index (χ1n) is 7.80. The largest absolute Gasteiger partial charge is 0.347 e. The van der Waals surface area contributed by atoms with Gasteiger partial charge in [-0.25, -0.2) is 0 Å². The van der Waals surface area contributed by atoms with Crippen molar-refractivity contribution in [2.24, 2.45) is 5.41 Å². The van der Waals surface area contributed by atoms with Crippen LogP contribution >= 0.6 is 0 Å². The van der Waals surface area contributed by atoms with Gasteiger partial charge in [0.2, 0.25) is 0 Å². The highest BCUT2D eigenvalue weighted by Crippen LogP contribution is 2.24. The molecule has 3 nitrogen and oxygen atoms in total. The van der Waals surface area contributed by atoms with Crippen molar-refractivity contribution in [1.29, 1.82) is 5.26 Å². The van der Waals surface area contributed by atoms with Crippen molar-refractivity contribution in [2.75, 3.05) is 0 Å². The fraction of sp³-hybridized carbons (Fsp3) is 0.500. The number of hydrogen-bond acceptors (Lipinski definition) is 2. The Morgan fingerprint density at radius 2 is 2.14 bits per heavy atom. The third-order valence-electron chi connectivity index (χ3n) is 4.29. The molecule has 1 saturated carbocycles. The van der Waals surface area contributed by atoms with E-state index in [-0.39, 0.29) is 5.41 Å². The Balaban J connectivity index is 1.71. The molecule has 1 N–H and O–H groups in total. The lowest BCUT2D eigenvalue weighted by Crippen LogP contribution is -2.15. The van der Waals surface area contributed by atoms with Gasteiger partial charge in [0, 0.05) is 30.8 Å². The molecule has 110 valence electrons. The molecule has 2 aromatic rings. The van der Waals surface area contributed by atoms with Crippen LogP contribution in [0.4, 0.5) is 0 Å². The average Bonchev–Trinajstić information content (AvgIpc) is 3.22. The van der Waals surface area contributed by atoms with Gasteiger partial charge in [0.05, 0.1) is 11.5 Å². The number of fused-ring (bicyclic) bond motifs is 1. The number of rotatable bonds is 6. The monoisotopic (exact) mass is 281 g/mol. The summed E-state index contributed by atoms with van der Waals surface area (Å²) < 4.78 is 2.26. The molecule has 1 aromatic carbocycles. The zero-order chi connectivity index (χ0) is 14.9. The molecular weight excluding hydrogens is 258 g/mol. The Morgan fingerprint density at radius 3 is 2.86 bits per heavy atom. The van der Waals surface area contributed by atoms with Gasteiger partial charge in [-0.15, -0.1) is 0 Å². The van der Waals surface area contributed by atoms with Gasteiger partial charge < -0.3 is 9.88 Å². The fourth-order valence-electron chi connectivity index (χ4n) is 2.56. The topological polar surface area (TPSA) is 40.8 Å². The second kappa shape index (κ2) is 5.54. The third kappa shape index (κ3) is 3.46. The van der Waals surface area contributed by atoms with Gasteiger partial charge in [-0.3, -0.25) is 0 Å². The summed E-state index contributed by atoms with van der Waals surface area (Å²) in [6.45, 7) is 5.86. The van der Waals surface area contributed by atoms with Gasteiger partial charge >= 0.3 is 0 Å². The van der Waals surface area contributed by atoms with Crippen LogP contribution in [0, 0.1) is 16.7 Å². The molecule has 0 atom stereocenters. The second-order valence-electron chi connectivity index (χ2n) is 6.80. The van der Waals surface area contributed by atoms with E-state index in [0.29, 0.717) is 0 Å². The molecule has 1 aliphatic rings. The van der Waals surface area contributed by atoms with Crippen molar-refractivity contribution in [2.45, 2.75) is 52.2 Å². The summed E-state index contributed by atoms with van der Waals surface area (Å²) in [7, 11) is 0. The van der Waals surface area contributed by atoms with Gasteiger partial charge in [-0.2, -0.15) is 5.26 Å².